The van der Waals surface area contributed by atoms with Gasteiger partial charge in [-0.2, -0.15) is 0 Å². The van der Waals surface area contributed by atoms with Gasteiger partial charge in [0, 0.05) is 30.0 Å². The summed E-state index contributed by atoms with van der Waals surface area (Å²) in [5.41, 5.74) is 0.354. The van der Waals surface area contributed by atoms with E-state index >= 15 is 0 Å². The fourth-order valence-electron chi connectivity index (χ4n) is 4.75. The molecule has 4 N–H and O–H groups in total. The zero-order valence-corrected chi connectivity index (χ0v) is 23.5. The number of Topliss-reactive ketones (excluding diaryl/α,β-unsaturated/α-hetero) is 1. The number of hydrogen-bond donors (Lipinski definition) is 4. The third kappa shape index (κ3) is 8.06. The second-order valence-corrected chi connectivity index (χ2v) is 11.3. The number of benzene rings is 2. The molecule has 2 aromatic carbocycles. The lowest BCUT2D eigenvalue weighted by Crippen LogP contribution is -2.57. The summed E-state index contributed by atoms with van der Waals surface area (Å²) >= 11 is 0. The van der Waals surface area contributed by atoms with Crippen molar-refractivity contribution in [3.8, 4) is 11.5 Å². The molecule has 3 atom stereocenters. The van der Waals surface area contributed by atoms with Crippen molar-refractivity contribution in [1.29, 1.82) is 0 Å². The van der Waals surface area contributed by atoms with Crippen molar-refractivity contribution in [3.63, 3.8) is 0 Å². The number of amides is 4. The van der Waals surface area contributed by atoms with Crippen LogP contribution in [-0.2, 0) is 25.6 Å². The second kappa shape index (κ2) is 12.8. The van der Waals surface area contributed by atoms with Crippen LogP contribution in [0.4, 0.5) is 0 Å². The average Bonchev–Trinajstić information content (AvgIpc) is 3.40. The number of ether oxygens (including phenoxy) is 2. The molecule has 218 valence electrons. The van der Waals surface area contributed by atoms with E-state index in [2.05, 4.69) is 21.3 Å². The lowest BCUT2D eigenvalue weighted by Gasteiger charge is -2.28. The predicted octanol–water partition coefficient (Wildman–Crippen LogP) is 1.64. The van der Waals surface area contributed by atoms with Gasteiger partial charge in [-0.3, -0.25) is 24.0 Å². The zero-order chi connectivity index (χ0) is 29.6. The Morgan fingerprint density at radius 3 is 2.41 bits per heavy atom. The topological polar surface area (TPSA) is 152 Å². The van der Waals surface area contributed by atoms with E-state index in [1.807, 2.05) is 30.3 Å². The minimum absolute atomic E-state index is 0.0395. The maximum Gasteiger partial charge on any atom is 0.290 e. The molecule has 2 aliphatic rings. The molecule has 1 saturated heterocycles. The van der Waals surface area contributed by atoms with Crippen LogP contribution in [-0.4, -0.2) is 60.4 Å². The molecule has 4 amide bonds. The highest BCUT2D eigenvalue weighted by molar-refractivity contribution is 6.38. The zero-order valence-electron chi connectivity index (χ0n) is 23.5. The lowest BCUT2D eigenvalue weighted by atomic mass is 9.89. The van der Waals surface area contributed by atoms with Crippen LogP contribution in [0, 0.1) is 5.92 Å². The van der Waals surface area contributed by atoms with E-state index in [-0.39, 0.29) is 31.1 Å². The molecule has 2 aromatic rings. The van der Waals surface area contributed by atoms with Crippen molar-refractivity contribution in [2.75, 3.05) is 13.3 Å². The monoisotopic (exact) mass is 564 g/mol. The number of carbonyl (C=O) groups excluding carboxylic acids is 5. The molecule has 0 saturated carbocycles. The van der Waals surface area contributed by atoms with Crippen molar-refractivity contribution in [1.82, 2.24) is 21.3 Å². The first-order valence-corrected chi connectivity index (χ1v) is 13.7. The van der Waals surface area contributed by atoms with E-state index in [1.165, 1.54) is 6.07 Å². The maximum atomic E-state index is 13.7. The van der Waals surface area contributed by atoms with Gasteiger partial charge in [-0.1, -0.05) is 30.3 Å². The van der Waals surface area contributed by atoms with Gasteiger partial charge in [0.15, 0.2) is 11.5 Å². The molecule has 4 rings (SSSR count). The van der Waals surface area contributed by atoms with E-state index in [4.69, 9.17) is 9.47 Å². The van der Waals surface area contributed by atoms with Gasteiger partial charge in [-0.25, -0.2) is 0 Å². The Balaban J connectivity index is 1.56. The van der Waals surface area contributed by atoms with Crippen LogP contribution in [0.3, 0.4) is 0 Å². The number of fused-ring (bicyclic) bond motifs is 1. The molecule has 0 aromatic heterocycles. The lowest BCUT2D eigenvalue weighted by molar-refractivity contribution is -0.142. The molecule has 2 heterocycles. The van der Waals surface area contributed by atoms with Crippen molar-refractivity contribution < 1.29 is 33.4 Å². The highest BCUT2D eigenvalue weighted by Crippen LogP contribution is 2.32. The molecular weight excluding hydrogens is 528 g/mol. The van der Waals surface area contributed by atoms with Gasteiger partial charge < -0.3 is 30.7 Å². The number of hydrogen-bond acceptors (Lipinski definition) is 7. The normalized spacial score (nSPS) is 17.5. The van der Waals surface area contributed by atoms with Gasteiger partial charge in [0.1, 0.15) is 6.04 Å². The predicted molar refractivity (Wildman–Crippen MR) is 149 cm³/mol. The van der Waals surface area contributed by atoms with Crippen molar-refractivity contribution >= 4 is 29.4 Å². The van der Waals surface area contributed by atoms with Crippen molar-refractivity contribution in [2.45, 2.75) is 64.1 Å². The quantitative estimate of drug-likeness (QED) is 0.320. The van der Waals surface area contributed by atoms with Gasteiger partial charge >= 0.3 is 0 Å². The van der Waals surface area contributed by atoms with Crippen LogP contribution in [0.15, 0.2) is 48.5 Å². The van der Waals surface area contributed by atoms with Gasteiger partial charge in [0.25, 0.3) is 11.8 Å². The van der Waals surface area contributed by atoms with Gasteiger partial charge in [0.2, 0.25) is 24.4 Å². The van der Waals surface area contributed by atoms with E-state index in [1.54, 1.807) is 32.9 Å². The highest BCUT2D eigenvalue weighted by atomic mass is 16.7. The van der Waals surface area contributed by atoms with Crippen LogP contribution in [0.5, 0.6) is 11.5 Å². The first-order chi connectivity index (χ1) is 19.5. The van der Waals surface area contributed by atoms with Gasteiger partial charge in [-0.15, -0.1) is 0 Å². The number of rotatable bonds is 10. The summed E-state index contributed by atoms with van der Waals surface area (Å²) in [7, 11) is 0. The summed E-state index contributed by atoms with van der Waals surface area (Å²) < 4.78 is 10.7. The number of ketones is 1. The van der Waals surface area contributed by atoms with Crippen molar-refractivity contribution in [3.05, 3.63) is 59.7 Å². The van der Waals surface area contributed by atoms with Crippen LogP contribution in [0.25, 0.3) is 0 Å². The number of piperidine rings is 1. The minimum atomic E-state index is -1.26. The standard InChI is InChI=1S/C30H36N4O7/c1-30(2,3)34-29(39)25(35)21(15-19-10-7-13-31-26(19)36)32-28(38)22(14-18-8-5-4-6-9-18)33-27(37)20-11-12-23-24(16-20)41-17-40-23/h4-6,8-9,11-12,16,19,21-22H,7,10,13-15,17H2,1-3H3,(H,31,36)(H,32,38)(H,33,37)(H,34,39)/t19-,21?,22-/m0/s1. The fraction of sp³-hybridized carbons (Fsp3) is 0.433. The Kier molecular flexibility index (Phi) is 9.26. The molecular formula is C30H36N4O7. The molecule has 41 heavy (non-hydrogen) atoms. The Hall–Kier alpha value is -4.41. The Bertz CT molecular complexity index is 1310. The van der Waals surface area contributed by atoms with E-state index in [0.717, 1.165) is 12.0 Å². The Morgan fingerprint density at radius 1 is 0.976 bits per heavy atom. The third-order valence-corrected chi connectivity index (χ3v) is 6.80. The molecule has 0 radical (unpaired) electrons. The fourth-order valence-corrected chi connectivity index (χ4v) is 4.75. The van der Waals surface area contributed by atoms with Crippen LogP contribution < -0.4 is 30.7 Å². The van der Waals surface area contributed by atoms with Crippen molar-refractivity contribution in [2.24, 2.45) is 5.92 Å². The summed E-state index contributed by atoms with van der Waals surface area (Å²) in [4.78, 5) is 65.5. The summed E-state index contributed by atoms with van der Waals surface area (Å²) in [6.45, 7) is 5.80. The largest absolute Gasteiger partial charge is 0.454 e. The first-order valence-electron chi connectivity index (χ1n) is 13.7. The first kappa shape index (κ1) is 29.6. The van der Waals surface area contributed by atoms with Gasteiger partial charge in [-0.05, 0) is 63.8 Å². The SMILES string of the molecule is CC(C)(C)NC(=O)C(=O)C(C[C@@H]1CCCNC1=O)NC(=O)[C@H](Cc1ccccc1)NC(=O)c1ccc2c(c1)OCO2. The van der Waals surface area contributed by atoms with E-state index < -0.39 is 47.0 Å². The Morgan fingerprint density at radius 2 is 1.71 bits per heavy atom. The van der Waals surface area contributed by atoms with Crippen LogP contribution in [0.2, 0.25) is 0 Å². The summed E-state index contributed by atoms with van der Waals surface area (Å²) in [6, 6.07) is 11.4. The molecule has 11 heteroatoms. The molecule has 11 nitrogen and oxygen atoms in total. The van der Waals surface area contributed by atoms with Crippen LogP contribution in [0.1, 0.15) is 56.0 Å². The molecule has 2 aliphatic heterocycles. The summed E-state index contributed by atoms with van der Waals surface area (Å²) in [5, 5.41) is 10.8. The molecule has 1 fully saturated rings. The molecule has 0 aliphatic carbocycles. The highest BCUT2D eigenvalue weighted by Gasteiger charge is 2.36. The molecule has 1 unspecified atom stereocenters. The van der Waals surface area contributed by atoms with Crippen LogP contribution >= 0.6 is 0 Å². The average molecular weight is 565 g/mol. The smallest absolute Gasteiger partial charge is 0.290 e. The second-order valence-electron chi connectivity index (χ2n) is 11.3. The maximum absolute atomic E-state index is 13.7. The van der Waals surface area contributed by atoms with E-state index in [9.17, 15) is 24.0 Å². The molecule has 0 spiro atoms. The number of carbonyl (C=O) groups is 5. The van der Waals surface area contributed by atoms with Gasteiger partial charge in [0.05, 0.1) is 6.04 Å². The minimum Gasteiger partial charge on any atom is -0.454 e. The Labute approximate surface area is 238 Å². The van der Waals surface area contributed by atoms with E-state index in [0.29, 0.717) is 24.5 Å². The molecule has 0 bridgehead atoms. The summed E-state index contributed by atoms with van der Waals surface area (Å²) in [6.07, 6.45) is 1.34. The number of nitrogens with one attached hydrogen (secondary N) is 4. The summed E-state index contributed by atoms with van der Waals surface area (Å²) in [5.74, 6) is -2.73. The third-order valence-electron chi connectivity index (χ3n) is 6.80.